The number of rotatable bonds is 7. The smallest absolute Gasteiger partial charge is 0.251 e. The molecule has 1 aromatic carbocycles. The van der Waals surface area contributed by atoms with Gasteiger partial charge in [-0.15, -0.1) is 0 Å². The molecule has 0 atom stereocenters. The molecule has 0 spiro atoms. The zero-order valence-corrected chi connectivity index (χ0v) is 17.3. The van der Waals surface area contributed by atoms with Gasteiger partial charge in [-0.3, -0.25) is 9.69 Å². The molecule has 1 amide bonds. The topological polar surface area (TPSA) is 143 Å². The predicted molar refractivity (Wildman–Crippen MR) is 121 cm³/mol. The van der Waals surface area contributed by atoms with Crippen molar-refractivity contribution in [1.82, 2.24) is 15.2 Å². The molecular formula is C21H28N8O2. The summed E-state index contributed by atoms with van der Waals surface area (Å²) in [6, 6.07) is 12.2. The van der Waals surface area contributed by atoms with Crippen molar-refractivity contribution in [3.8, 4) is 0 Å². The first kappa shape index (κ1) is 22.2. The van der Waals surface area contributed by atoms with Crippen LogP contribution in [0.15, 0.2) is 58.6 Å². The Morgan fingerprint density at radius 1 is 1.13 bits per heavy atom. The Morgan fingerprint density at radius 3 is 2.61 bits per heavy atom. The molecule has 0 aliphatic carbocycles. The van der Waals surface area contributed by atoms with Gasteiger partial charge in [0, 0.05) is 37.1 Å². The quantitative estimate of drug-likeness (QED) is 0.294. The SMILES string of the molecule is NC(=Nc1ccccn1)N=C(N)Nc1ccc(C(=O)NCCCN2CCOCC2)cc1. The van der Waals surface area contributed by atoms with E-state index in [2.05, 4.69) is 30.5 Å². The summed E-state index contributed by atoms with van der Waals surface area (Å²) in [5.74, 6) is 0.396. The standard InChI is InChI=1S/C21H28N8O2/c22-20(28-21(23)27-18-4-1-2-9-24-18)26-17-7-5-16(6-8-17)19(30)25-10-3-11-29-12-14-31-15-13-29/h1-2,4-9H,3,10-15H2,(H,25,30)(H5,22,23,24,26,27,28). The summed E-state index contributed by atoms with van der Waals surface area (Å²) in [5, 5.41) is 5.86. The average molecular weight is 425 g/mol. The van der Waals surface area contributed by atoms with E-state index < -0.39 is 0 Å². The Bertz CT molecular complexity index is 893. The lowest BCUT2D eigenvalue weighted by Crippen LogP contribution is -2.38. The second kappa shape index (κ2) is 11.6. The molecule has 6 N–H and O–H groups in total. The van der Waals surface area contributed by atoms with E-state index >= 15 is 0 Å². The van der Waals surface area contributed by atoms with E-state index in [4.69, 9.17) is 16.2 Å². The molecule has 0 unspecified atom stereocenters. The van der Waals surface area contributed by atoms with Crippen LogP contribution in [-0.4, -0.2) is 67.1 Å². The summed E-state index contributed by atoms with van der Waals surface area (Å²) < 4.78 is 5.33. The van der Waals surface area contributed by atoms with E-state index in [9.17, 15) is 4.79 Å². The van der Waals surface area contributed by atoms with Crippen LogP contribution in [0.4, 0.5) is 11.5 Å². The molecule has 31 heavy (non-hydrogen) atoms. The summed E-state index contributed by atoms with van der Waals surface area (Å²) >= 11 is 0. The number of benzene rings is 1. The maximum atomic E-state index is 12.3. The third-order valence-corrected chi connectivity index (χ3v) is 4.57. The van der Waals surface area contributed by atoms with Crippen LogP contribution >= 0.6 is 0 Å². The van der Waals surface area contributed by atoms with Crippen molar-refractivity contribution >= 4 is 29.3 Å². The van der Waals surface area contributed by atoms with Gasteiger partial charge >= 0.3 is 0 Å². The molecule has 3 rings (SSSR count). The first-order valence-electron chi connectivity index (χ1n) is 10.1. The molecule has 0 saturated carbocycles. The van der Waals surface area contributed by atoms with E-state index in [1.807, 2.05) is 0 Å². The number of guanidine groups is 2. The molecule has 164 valence electrons. The van der Waals surface area contributed by atoms with Crippen LogP contribution < -0.4 is 22.1 Å². The van der Waals surface area contributed by atoms with Crippen molar-refractivity contribution in [3.05, 3.63) is 54.2 Å². The average Bonchev–Trinajstić information content (AvgIpc) is 2.78. The molecule has 2 heterocycles. The summed E-state index contributed by atoms with van der Waals surface area (Å²) in [4.78, 5) is 26.7. The van der Waals surface area contributed by atoms with Crippen LogP contribution in [0.1, 0.15) is 16.8 Å². The Labute approximate surface area is 181 Å². The number of aliphatic imine (C=N–C) groups is 2. The van der Waals surface area contributed by atoms with Crippen LogP contribution in [0.3, 0.4) is 0 Å². The fourth-order valence-electron chi connectivity index (χ4n) is 3.00. The number of amides is 1. The number of aromatic nitrogens is 1. The minimum absolute atomic E-state index is 0.0169. The lowest BCUT2D eigenvalue weighted by Gasteiger charge is -2.26. The minimum Gasteiger partial charge on any atom is -0.379 e. The fraction of sp³-hybridized carbons (Fsp3) is 0.333. The number of nitrogens with one attached hydrogen (secondary N) is 2. The van der Waals surface area contributed by atoms with E-state index in [0.29, 0.717) is 23.6 Å². The third-order valence-electron chi connectivity index (χ3n) is 4.57. The molecule has 0 radical (unpaired) electrons. The van der Waals surface area contributed by atoms with Gasteiger partial charge in [0.1, 0.15) is 0 Å². The summed E-state index contributed by atoms with van der Waals surface area (Å²) in [6.45, 7) is 5.06. The zero-order valence-electron chi connectivity index (χ0n) is 17.3. The fourth-order valence-corrected chi connectivity index (χ4v) is 3.00. The molecule has 1 aliphatic heterocycles. The number of hydrogen-bond donors (Lipinski definition) is 4. The molecule has 10 nitrogen and oxygen atoms in total. The van der Waals surface area contributed by atoms with Gasteiger partial charge in [-0.2, -0.15) is 9.98 Å². The van der Waals surface area contributed by atoms with Crippen molar-refractivity contribution < 1.29 is 9.53 Å². The van der Waals surface area contributed by atoms with Crippen molar-refractivity contribution in [1.29, 1.82) is 0 Å². The first-order chi connectivity index (χ1) is 15.1. The molecule has 1 saturated heterocycles. The van der Waals surface area contributed by atoms with Crippen LogP contribution in [0.2, 0.25) is 0 Å². The van der Waals surface area contributed by atoms with Crippen molar-refractivity contribution in [3.63, 3.8) is 0 Å². The van der Waals surface area contributed by atoms with Gasteiger partial charge in [-0.25, -0.2) is 4.98 Å². The number of ether oxygens (including phenoxy) is 1. The normalized spacial score (nSPS) is 15.5. The number of carbonyl (C=O) groups excluding carboxylic acids is 1. The molecule has 10 heteroatoms. The number of hydrogen-bond acceptors (Lipinski definition) is 5. The van der Waals surface area contributed by atoms with Gasteiger partial charge in [0.2, 0.25) is 11.9 Å². The second-order valence-electron chi connectivity index (χ2n) is 6.92. The summed E-state index contributed by atoms with van der Waals surface area (Å²) in [6.07, 6.45) is 2.51. The summed E-state index contributed by atoms with van der Waals surface area (Å²) in [5.41, 5.74) is 12.9. The minimum atomic E-state index is -0.109. The maximum Gasteiger partial charge on any atom is 0.251 e. The molecule has 0 bridgehead atoms. The predicted octanol–water partition coefficient (Wildman–Crippen LogP) is 0.907. The van der Waals surface area contributed by atoms with Gasteiger partial charge in [-0.05, 0) is 49.4 Å². The van der Waals surface area contributed by atoms with E-state index in [1.165, 1.54) is 0 Å². The molecular weight excluding hydrogens is 396 g/mol. The number of nitrogens with two attached hydrogens (primary N) is 2. The number of anilines is 1. The van der Waals surface area contributed by atoms with Crippen LogP contribution in [0.25, 0.3) is 0 Å². The van der Waals surface area contributed by atoms with Crippen LogP contribution in [0, 0.1) is 0 Å². The van der Waals surface area contributed by atoms with Gasteiger partial charge in [0.05, 0.1) is 13.2 Å². The Hall–Kier alpha value is -3.50. The highest BCUT2D eigenvalue weighted by Gasteiger charge is 2.10. The van der Waals surface area contributed by atoms with Crippen LogP contribution in [-0.2, 0) is 4.74 Å². The lowest BCUT2D eigenvalue weighted by molar-refractivity contribution is 0.0374. The van der Waals surface area contributed by atoms with E-state index in [1.54, 1.807) is 48.7 Å². The zero-order chi connectivity index (χ0) is 21.9. The Kier molecular flexibility index (Phi) is 8.32. The molecule has 1 aliphatic rings. The number of pyridine rings is 1. The number of nitrogens with zero attached hydrogens (tertiary/aromatic N) is 4. The second-order valence-corrected chi connectivity index (χ2v) is 6.92. The van der Waals surface area contributed by atoms with Gasteiger partial charge in [0.25, 0.3) is 5.91 Å². The van der Waals surface area contributed by atoms with Crippen molar-refractivity contribution in [2.45, 2.75) is 6.42 Å². The van der Waals surface area contributed by atoms with E-state index in [-0.39, 0.29) is 17.8 Å². The maximum absolute atomic E-state index is 12.3. The van der Waals surface area contributed by atoms with E-state index in [0.717, 1.165) is 39.3 Å². The highest BCUT2D eigenvalue weighted by Crippen LogP contribution is 2.10. The van der Waals surface area contributed by atoms with Crippen molar-refractivity contribution in [2.75, 3.05) is 44.7 Å². The Morgan fingerprint density at radius 2 is 1.90 bits per heavy atom. The van der Waals surface area contributed by atoms with Crippen LogP contribution in [0.5, 0.6) is 0 Å². The summed E-state index contributed by atoms with van der Waals surface area (Å²) in [7, 11) is 0. The number of carbonyl (C=O) groups is 1. The molecule has 1 fully saturated rings. The highest BCUT2D eigenvalue weighted by molar-refractivity contribution is 6.01. The van der Waals surface area contributed by atoms with Crippen molar-refractivity contribution in [2.24, 2.45) is 21.5 Å². The monoisotopic (exact) mass is 424 g/mol. The first-order valence-corrected chi connectivity index (χ1v) is 10.1. The third kappa shape index (κ3) is 7.68. The lowest BCUT2D eigenvalue weighted by atomic mass is 10.2. The highest BCUT2D eigenvalue weighted by atomic mass is 16.5. The number of morpholine rings is 1. The largest absolute Gasteiger partial charge is 0.379 e. The molecule has 1 aromatic heterocycles. The molecule has 2 aromatic rings. The van der Waals surface area contributed by atoms with Gasteiger partial charge in [-0.1, -0.05) is 6.07 Å². The van der Waals surface area contributed by atoms with Gasteiger partial charge in [0.15, 0.2) is 5.82 Å². The Balaban J connectivity index is 1.44. The van der Waals surface area contributed by atoms with Gasteiger partial charge < -0.3 is 26.8 Å².